The zero-order chi connectivity index (χ0) is 16.4. The lowest BCUT2D eigenvalue weighted by molar-refractivity contribution is -0.128. The van der Waals surface area contributed by atoms with Crippen molar-refractivity contribution in [2.75, 3.05) is 13.1 Å². The third-order valence-corrected chi connectivity index (χ3v) is 4.07. The normalized spacial score (nSPS) is 23.7. The van der Waals surface area contributed by atoms with Crippen LogP contribution in [0, 0.1) is 0 Å². The summed E-state index contributed by atoms with van der Waals surface area (Å²) >= 11 is 0. The summed E-state index contributed by atoms with van der Waals surface area (Å²) in [5.41, 5.74) is 0.233. The molecule has 8 nitrogen and oxygen atoms in total. The third-order valence-electron chi connectivity index (χ3n) is 4.07. The molecule has 2 aliphatic rings. The van der Waals surface area contributed by atoms with Crippen molar-refractivity contribution in [3.63, 3.8) is 0 Å². The molecule has 2 saturated heterocycles. The Morgan fingerprint density at radius 2 is 2.26 bits per heavy atom. The lowest BCUT2D eigenvalue weighted by Crippen LogP contribution is -2.49. The average Bonchev–Trinajstić information content (AvgIpc) is 2.81. The number of amides is 4. The molecular formula is C15H17N5O3. The Morgan fingerprint density at radius 1 is 1.43 bits per heavy atom. The maximum atomic E-state index is 12.3. The Balaban J connectivity index is 1.66. The molecule has 1 N–H and O–H groups in total. The minimum atomic E-state index is -0.511. The van der Waals surface area contributed by atoms with E-state index < -0.39 is 6.04 Å². The molecule has 0 aromatic carbocycles. The SMILES string of the molecule is C=CCN1C(=O)C2CC(NC(=O)c3cnccn3)CCN2C1=O. The predicted octanol–water partition coefficient (Wildman–Crippen LogP) is 0.188. The van der Waals surface area contributed by atoms with Crippen molar-refractivity contribution in [1.82, 2.24) is 25.1 Å². The Bertz CT molecular complexity index is 648. The van der Waals surface area contributed by atoms with Crippen molar-refractivity contribution in [2.45, 2.75) is 24.9 Å². The second-order valence-electron chi connectivity index (χ2n) is 5.51. The highest BCUT2D eigenvalue weighted by atomic mass is 16.2. The minimum absolute atomic E-state index is 0.175. The number of carbonyl (C=O) groups excluding carboxylic acids is 3. The third kappa shape index (κ3) is 2.79. The lowest BCUT2D eigenvalue weighted by Gasteiger charge is -2.32. The summed E-state index contributed by atoms with van der Waals surface area (Å²) in [5.74, 6) is -0.551. The van der Waals surface area contributed by atoms with Gasteiger partial charge in [0, 0.05) is 31.5 Å². The molecule has 2 unspecified atom stereocenters. The van der Waals surface area contributed by atoms with Crippen molar-refractivity contribution >= 4 is 17.8 Å². The van der Waals surface area contributed by atoms with Crippen molar-refractivity contribution in [3.8, 4) is 0 Å². The predicted molar refractivity (Wildman–Crippen MR) is 80.3 cm³/mol. The topological polar surface area (TPSA) is 95.5 Å². The Hall–Kier alpha value is -2.77. The standard InChI is InChI=1S/C15H17N5O3/c1-2-6-20-14(22)12-8-10(3-7-19(12)15(20)23)18-13(21)11-9-16-4-5-17-11/h2,4-5,9-10,12H,1,3,6-8H2,(H,18,21). The fraction of sp³-hybridized carbons (Fsp3) is 0.400. The highest BCUT2D eigenvalue weighted by Crippen LogP contribution is 2.27. The van der Waals surface area contributed by atoms with Crippen LogP contribution in [0.5, 0.6) is 0 Å². The van der Waals surface area contributed by atoms with Crippen LogP contribution in [0.3, 0.4) is 0 Å². The summed E-state index contributed by atoms with van der Waals surface area (Å²) < 4.78 is 0. The van der Waals surface area contributed by atoms with Crippen molar-refractivity contribution < 1.29 is 14.4 Å². The first kappa shape index (κ1) is 15.1. The second kappa shape index (κ2) is 6.15. The quantitative estimate of drug-likeness (QED) is 0.632. The number of hydrogen-bond donors (Lipinski definition) is 1. The molecular weight excluding hydrogens is 298 g/mol. The van der Waals surface area contributed by atoms with Gasteiger partial charge in [0.1, 0.15) is 11.7 Å². The van der Waals surface area contributed by atoms with Gasteiger partial charge >= 0.3 is 6.03 Å². The van der Waals surface area contributed by atoms with Crippen LogP contribution in [-0.2, 0) is 4.79 Å². The molecule has 0 saturated carbocycles. The molecule has 2 fully saturated rings. The number of nitrogens with zero attached hydrogens (tertiary/aromatic N) is 4. The van der Waals surface area contributed by atoms with E-state index in [1.54, 1.807) is 4.90 Å². The molecule has 4 amide bonds. The van der Waals surface area contributed by atoms with E-state index >= 15 is 0 Å². The zero-order valence-electron chi connectivity index (χ0n) is 12.5. The summed E-state index contributed by atoms with van der Waals surface area (Å²) in [5, 5.41) is 2.86. The van der Waals surface area contributed by atoms with Gasteiger partial charge in [0.15, 0.2) is 0 Å². The fourth-order valence-electron chi connectivity index (χ4n) is 2.96. The summed E-state index contributed by atoms with van der Waals surface area (Å²) in [6, 6.07) is -0.965. The molecule has 0 aliphatic carbocycles. The highest BCUT2D eigenvalue weighted by molar-refractivity contribution is 6.04. The van der Waals surface area contributed by atoms with Gasteiger partial charge in [0.05, 0.1) is 6.20 Å². The van der Waals surface area contributed by atoms with Crippen LogP contribution in [0.25, 0.3) is 0 Å². The summed E-state index contributed by atoms with van der Waals surface area (Å²) in [6.07, 6.45) is 6.87. The van der Waals surface area contributed by atoms with E-state index in [-0.39, 0.29) is 36.1 Å². The number of piperidine rings is 1. The van der Waals surface area contributed by atoms with E-state index in [2.05, 4.69) is 21.9 Å². The second-order valence-corrected chi connectivity index (χ2v) is 5.51. The number of carbonyl (C=O) groups is 3. The van der Waals surface area contributed by atoms with E-state index in [9.17, 15) is 14.4 Å². The maximum Gasteiger partial charge on any atom is 0.327 e. The van der Waals surface area contributed by atoms with Crippen LogP contribution in [0.15, 0.2) is 31.2 Å². The molecule has 1 aromatic heterocycles. The Kier molecular flexibility index (Phi) is 4.05. The molecule has 120 valence electrons. The van der Waals surface area contributed by atoms with Gasteiger partial charge in [-0.05, 0) is 12.8 Å². The van der Waals surface area contributed by atoms with Crippen LogP contribution < -0.4 is 5.32 Å². The molecule has 0 radical (unpaired) electrons. The van der Waals surface area contributed by atoms with Gasteiger partial charge in [0.2, 0.25) is 0 Å². The van der Waals surface area contributed by atoms with E-state index in [1.807, 2.05) is 0 Å². The number of fused-ring (bicyclic) bond motifs is 1. The monoisotopic (exact) mass is 315 g/mol. The number of imide groups is 1. The van der Waals surface area contributed by atoms with Crippen molar-refractivity contribution in [3.05, 3.63) is 36.9 Å². The van der Waals surface area contributed by atoms with Crippen LogP contribution in [-0.4, -0.2) is 62.8 Å². The van der Waals surface area contributed by atoms with E-state index in [4.69, 9.17) is 0 Å². The molecule has 0 spiro atoms. The Morgan fingerprint density at radius 3 is 2.96 bits per heavy atom. The molecule has 3 rings (SSSR count). The number of rotatable bonds is 4. The molecule has 23 heavy (non-hydrogen) atoms. The highest BCUT2D eigenvalue weighted by Gasteiger charge is 2.47. The Labute approximate surface area is 133 Å². The van der Waals surface area contributed by atoms with E-state index in [0.717, 1.165) is 0 Å². The van der Waals surface area contributed by atoms with Gasteiger partial charge in [-0.1, -0.05) is 6.08 Å². The van der Waals surface area contributed by atoms with E-state index in [0.29, 0.717) is 19.4 Å². The molecule has 2 aliphatic heterocycles. The maximum absolute atomic E-state index is 12.3. The lowest BCUT2D eigenvalue weighted by atomic mass is 9.98. The number of hydrogen-bond acceptors (Lipinski definition) is 5. The molecule has 8 heteroatoms. The van der Waals surface area contributed by atoms with Crippen molar-refractivity contribution in [2.24, 2.45) is 0 Å². The molecule has 3 heterocycles. The number of urea groups is 1. The van der Waals surface area contributed by atoms with Gasteiger partial charge in [-0.3, -0.25) is 19.5 Å². The van der Waals surface area contributed by atoms with Crippen molar-refractivity contribution in [1.29, 1.82) is 0 Å². The van der Waals surface area contributed by atoms with Crippen LogP contribution in [0.2, 0.25) is 0 Å². The summed E-state index contributed by atoms with van der Waals surface area (Å²) in [6.45, 7) is 4.21. The largest absolute Gasteiger partial charge is 0.348 e. The van der Waals surface area contributed by atoms with Gasteiger partial charge in [-0.15, -0.1) is 6.58 Å². The minimum Gasteiger partial charge on any atom is -0.348 e. The van der Waals surface area contributed by atoms with Gasteiger partial charge < -0.3 is 10.2 Å². The molecule has 1 aromatic rings. The van der Waals surface area contributed by atoms with Gasteiger partial charge in [-0.2, -0.15) is 0 Å². The molecule has 2 atom stereocenters. The van der Waals surface area contributed by atoms with Crippen LogP contribution >= 0.6 is 0 Å². The first-order valence-corrected chi connectivity index (χ1v) is 7.41. The first-order chi connectivity index (χ1) is 11.1. The van der Waals surface area contributed by atoms with Crippen LogP contribution in [0.1, 0.15) is 23.3 Å². The molecule has 0 bridgehead atoms. The fourth-order valence-corrected chi connectivity index (χ4v) is 2.96. The zero-order valence-corrected chi connectivity index (χ0v) is 12.5. The number of aromatic nitrogens is 2. The average molecular weight is 315 g/mol. The van der Waals surface area contributed by atoms with Gasteiger partial charge in [0.25, 0.3) is 11.8 Å². The first-order valence-electron chi connectivity index (χ1n) is 7.41. The number of nitrogens with one attached hydrogen (secondary N) is 1. The van der Waals surface area contributed by atoms with E-state index in [1.165, 1.54) is 29.6 Å². The summed E-state index contributed by atoms with van der Waals surface area (Å²) in [4.78, 5) is 47.2. The summed E-state index contributed by atoms with van der Waals surface area (Å²) in [7, 11) is 0. The smallest absolute Gasteiger partial charge is 0.327 e. The van der Waals surface area contributed by atoms with Gasteiger partial charge in [-0.25, -0.2) is 9.78 Å². The van der Waals surface area contributed by atoms with Crippen LogP contribution in [0.4, 0.5) is 4.79 Å².